The number of amides is 1. The van der Waals surface area contributed by atoms with Gasteiger partial charge in [-0.25, -0.2) is 0 Å². The summed E-state index contributed by atoms with van der Waals surface area (Å²) in [5.41, 5.74) is 2.19. The van der Waals surface area contributed by atoms with Crippen LogP contribution in [0.2, 0.25) is 0 Å². The van der Waals surface area contributed by atoms with E-state index in [0.717, 1.165) is 44.6 Å². The van der Waals surface area contributed by atoms with E-state index in [4.69, 9.17) is 4.52 Å². The predicted octanol–water partition coefficient (Wildman–Crippen LogP) is 3.92. The third-order valence-electron chi connectivity index (χ3n) is 4.96. The molecular weight excluding hydrogens is 340 g/mol. The topological polar surface area (TPSA) is 62.5 Å². The second-order valence-electron chi connectivity index (χ2n) is 7.13. The molecule has 0 aliphatic carbocycles. The highest BCUT2D eigenvalue weighted by molar-refractivity contribution is 5.76. The lowest BCUT2D eigenvalue weighted by Crippen LogP contribution is -2.32. The molecule has 1 amide bonds. The Labute approximate surface area is 161 Å². The van der Waals surface area contributed by atoms with Gasteiger partial charge in [0, 0.05) is 50.3 Å². The van der Waals surface area contributed by atoms with E-state index in [0.29, 0.717) is 24.6 Å². The lowest BCUT2D eigenvalue weighted by molar-refractivity contribution is -0.131. The summed E-state index contributed by atoms with van der Waals surface area (Å²) >= 11 is 0. The molecule has 0 saturated carbocycles. The molecular formula is C21H30N4O2. The second kappa shape index (κ2) is 9.53. The zero-order valence-corrected chi connectivity index (χ0v) is 16.5. The van der Waals surface area contributed by atoms with Crippen molar-refractivity contribution in [3.63, 3.8) is 0 Å². The minimum atomic E-state index is 0.161. The first-order chi connectivity index (χ1) is 13.2. The van der Waals surface area contributed by atoms with E-state index in [-0.39, 0.29) is 5.91 Å². The SMILES string of the molecule is CCCN(CCC)C(=O)CCc1nc(-c2ccc(N3CCCC3)cc2)no1. The number of rotatable bonds is 9. The minimum Gasteiger partial charge on any atom is -0.372 e. The molecule has 0 radical (unpaired) electrons. The number of carbonyl (C=O) groups is 1. The highest BCUT2D eigenvalue weighted by Crippen LogP contribution is 2.24. The smallest absolute Gasteiger partial charge is 0.227 e. The van der Waals surface area contributed by atoms with Gasteiger partial charge >= 0.3 is 0 Å². The van der Waals surface area contributed by atoms with E-state index in [1.165, 1.54) is 18.5 Å². The van der Waals surface area contributed by atoms with Gasteiger partial charge in [-0.15, -0.1) is 0 Å². The summed E-state index contributed by atoms with van der Waals surface area (Å²) in [5, 5.41) is 4.08. The molecule has 0 atom stereocenters. The monoisotopic (exact) mass is 370 g/mol. The number of anilines is 1. The standard InChI is InChI=1S/C21H30N4O2/c1-3-13-25(14-4-2)20(26)12-11-19-22-21(23-27-19)17-7-9-18(10-8-17)24-15-5-6-16-24/h7-10H,3-6,11-16H2,1-2H3. The zero-order valence-electron chi connectivity index (χ0n) is 16.5. The molecule has 2 aromatic rings. The average molecular weight is 370 g/mol. The van der Waals surface area contributed by atoms with Gasteiger partial charge in [-0.1, -0.05) is 19.0 Å². The van der Waals surface area contributed by atoms with Crippen molar-refractivity contribution in [3.05, 3.63) is 30.2 Å². The molecule has 146 valence electrons. The first kappa shape index (κ1) is 19.4. The van der Waals surface area contributed by atoms with Crippen LogP contribution in [0.1, 0.15) is 51.8 Å². The number of aromatic nitrogens is 2. The Balaban J connectivity index is 1.57. The molecule has 0 bridgehead atoms. The summed E-state index contributed by atoms with van der Waals surface area (Å²) in [4.78, 5) is 21.2. The number of nitrogens with zero attached hydrogens (tertiary/aromatic N) is 4. The first-order valence-corrected chi connectivity index (χ1v) is 10.2. The lowest BCUT2D eigenvalue weighted by atomic mass is 10.2. The lowest BCUT2D eigenvalue weighted by Gasteiger charge is -2.20. The molecule has 1 aliphatic heterocycles. The van der Waals surface area contributed by atoms with Crippen LogP contribution in [0.4, 0.5) is 5.69 Å². The van der Waals surface area contributed by atoms with Gasteiger partial charge in [0.15, 0.2) is 0 Å². The molecule has 0 unspecified atom stereocenters. The third-order valence-corrected chi connectivity index (χ3v) is 4.96. The first-order valence-electron chi connectivity index (χ1n) is 10.2. The van der Waals surface area contributed by atoms with Crippen LogP contribution in [0, 0.1) is 0 Å². The van der Waals surface area contributed by atoms with E-state index >= 15 is 0 Å². The highest BCUT2D eigenvalue weighted by atomic mass is 16.5. The second-order valence-corrected chi connectivity index (χ2v) is 7.13. The van der Waals surface area contributed by atoms with Crippen LogP contribution in [-0.4, -0.2) is 47.1 Å². The normalized spacial score (nSPS) is 13.9. The van der Waals surface area contributed by atoms with E-state index in [1.807, 2.05) is 17.0 Å². The van der Waals surface area contributed by atoms with Crippen LogP contribution in [-0.2, 0) is 11.2 Å². The number of aryl methyl sites for hydroxylation is 1. The van der Waals surface area contributed by atoms with Crippen molar-refractivity contribution in [1.82, 2.24) is 15.0 Å². The number of benzene rings is 1. The summed E-state index contributed by atoms with van der Waals surface area (Å²) in [6.45, 7) is 8.07. The van der Waals surface area contributed by atoms with Gasteiger partial charge in [-0.05, 0) is 49.9 Å². The highest BCUT2D eigenvalue weighted by Gasteiger charge is 2.16. The summed E-state index contributed by atoms with van der Waals surface area (Å²) < 4.78 is 5.36. The Morgan fingerprint density at radius 3 is 2.41 bits per heavy atom. The minimum absolute atomic E-state index is 0.161. The average Bonchev–Trinajstić information content (AvgIpc) is 3.38. The fourth-order valence-corrected chi connectivity index (χ4v) is 3.54. The largest absolute Gasteiger partial charge is 0.372 e. The van der Waals surface area contributed by atoms with Crippen LogP contribution in [0.15, 0.2) is 28.8 Å². The fourth-order valence-electron chi connectivity index (χ4n) is 3.54. The van der Waals surface area contributed by atoms with E-state index < -0.39 is 0 Å². The van der Waals surface area contributed by atoms with Gasteiger partial charge in [-0.3, -0.25) is 4.79 Å². The van der Waals surface area contributed by atoms with Gasteiger partial charge in [0.2, 0.25) is 17.6 Å². The molecule has 0 N–H and O–H groups in total. The van der Waals surface area contributed by atoms with Gasteiger partial charge in [-0.2, -0.15) is 4.98 Å². The van der Waals surface area contributed by atoms with Gasteiger partial charge in [0.25, 0.3) is 0 Å². The van der Waals surface area contributed by atoms with Gasteiger partial charge in [0.05, 0.1) is 0 Å². The molecule has 0 spiro atoms. The van der Waals surface area contributed by atoms with Crippen molar-refractivity contribution in [1.29, 1.82) is 0 Å². The van der Waals surface area contributed by atoms with Gasteiger partial charge < -0.3 is 14.3 Å². The molecule has 1 fully saturated rings. The molecule has 6 nitrogen and oxygen atoms in total. The molecule has 1 aromatic heterocycles. The van der Waals surface area contributed by atoms with E-state index in [9.17, 15) is 4.79 Å². The van der Waals surface area contributed by atoms with Gasteiger partial charge in [0.1, 0.15) is 0 Å². The van der Waals surface area contributed by atoms with Crippen LogP contribution < -0.4 is 4.90 Å². The molecule has 2 heterocycles. The van der Waals surface area contributed by atoms with E-state index in [1.54, 1.807) is 0 Å². The molecule has 6 heteroatoms. The van der Waals surface area contributed by atoms with Crippen molar-refractivity contribution in [2.24, 2.45) is 0 Å². The van der Waals surface area contributed by atoms with Crippen LogP contribution >= 0.6 is 0 Å². The van der Waals surface area contributed by atoms with Crippen molar-refractivity contribution in [2.75, 3.05) is 31.1 Å². The third kappa shape index (κ3) is 5.08. The number of carbonyl (C=O) groups excluding carboxylic acids is 1. The Bertz CT molecular complexity index is 714. The van der Waals surface area contributed by atoms with Crippen LogP contribution in [0.5, 0.6) is 0 Å². The molecule has 27 heavy (non-hydrogen) atoms. The quantitative estimate of drug-likeness (QED) is 0.669. The molecule has 3 rings (SSSR count). The van der Waals surface area contributed by atoms with Crippen LogP contribution in [0.3, 0.4) is 0 Å². The van der Waals surface area contributed by atoms with Crippen LogP contribution in [0.25, 0.3) is 11.4 Å². The maximum atomic E-state index is 12.4. The molecule has 1 aliphatic rings. The Morgan fingerprint density at radius 2 is 1.78 bits per heavy atom. The van der Waals surface area contributed by atoms with Crippen molar-refractivity contribution in [2.45, 2.75) is 52.4 Å². The number of hydrogen-bond acceptors (Lipinski definition) is 5. The fraction of sp³-hybridized carbons (Fsp3) is 0.571. The molecule has 1 aromatic carbocycles. The summed E-state index contributed by atoms with van der Waals surface area (Å²) in [5.74, 6) is 1.27. The summed E-state index contributed by atoms with van der Waals surface area (Å²) in [7, 11) is 0. The predicted molar refractivity (Wildman–Crippen MR) is 107 cm³/mol. The van der Waals surface area contributed by atoms with Crippen molar-refractivity contribution in [3.8, 4) is 11.4 Å². The van der Waals surface area contributed by atoms with Crippen molar-refractivity contribution >= 4 is 11.6 Å². The summed E-state index contributed by atoms with van der Waals surface area (Å²) in [6.07, 6.45) is 5.39. The van der Waals surface area contributed by atoms with Crippen molar-refractivity contribution < 1.29 is 9.32 Å². The number of hydrogen-bond donors (Lipinski definition) is 0. The molecule has 1 saturated heterocycles. The summed E-state index contributed by atoms with van der Waals surface area (Å²) in [6, 6.07) is 8.32. The Hall–Kier alpha value is -2.37. The van der Waals surface area contributed by atoms with E-state index in [2.05, 4.69) is 41.0 Å². The zero-order chi connectivity index (χ0) is 19.1. The Kier molecular flexibility index (Phi) is 6.85. The maximum Gasteiger partial charge on any atom is 0.227 e. The maximum absolute atomic E-state index is 12.4. The Morgan fingerprint density at radius 1 is 1.11 bits per heavy atom.